The molecule has 0 radical (unpaired) electrons. The van der Waals surface area contributed by atoms with Crippen molar-refractivity contribution in [2.45, 2.75) is 19.3 Å². The highest BCUT2D eigenvalue weighted by atomic mass is 16.5. The Kier molecular flexibility index (Phi) is 2.42. The Morgan fingerprint density at radius 1 is 1.44 bits per heavy atom. The standard InChI is InChI=1S/C12H14N2O2/c1-12(2,11(15)16-3)8-4-5-9-10(6-8)14-7-13-9/h4-7H,1-3H3,(H,13,14). The number of rotatable bonds is 2. The van der Waals surface area contributed by atoms with Crippen molar-refractivity contribution in [3.63, 3.8) is 0 Å². The number of methoxy groups -OCH3 is 1. The minimum Gasteiger partial charge on any atom is -0.468 e. The van der Waals surface area contributed by atoms with E-state index in [2.05, 4.69) is 9.97 Å². The van der Waals surface area contributed by atoms with Crippen LogP contribution in [0.15, 0.2) is 24.5 Å². The number of hydrogen-bond donors (Lipinski definition) is 1. The number of aromatic amines is 1. The van der Waals surface area contributed by atoms with E-state index in [0.717, 1.165) is 16.6 Å². The molecule has 0 atom stereocenters. The maximum atomic E-state index is 11.7. The number of nitrogens with zero attached hydrogens (tertiary/aromatic N) is 1. The van der Waals surface area contributed by atoms with Gasteiger partial charge < -0.3 is 9.72 Å². The number of aromatic nitrogens is 2. The van der Waals surface area contributed by atoms with Gasteiger partial charge in [-0.05, 0) is 31.5 Å². The molecule has 0 fully saturated rings. The Morgan fingerprint density at radius 2 is 2.19 bits per heavy atom. The van der Waals surface area contributed by atoms with E-state index in [4.69, 9.17) is 4.74 Å². The van der Waals surface area contributed by atoms with Gasteiger partial charge in [0.25, 0.3) is 0 Å². The monoisotopic (exact) mass is 218 g/mol. The zero-order valence-corrected chi connectivity index (χ0v) is 9.57. The molecule has 4 nitrogen and oxygen atoms in total. The molecule has 1 aromatic carbocycles. The number of carbonyl (C=O) groups is 1. The fourth-order valence-corrected chi connectivity index (χ4v) is 1.70. The number of benzene rings is 1. The third-order valence-electron chi connectivity index (χ3n) is 2.84. The Morgan fingerprint density at radius 3 is 2.88 bits per heavy atom. The lowest BCUT2D eigenvalue weighted by atomic mass is 9.84. The van der Waals surface area contributed by atoms with E-state index in [0.29, 0.717) is 0 Å². The molecule has 1 heterocycles. The molecule has 1 N–H and O–H groups in total. The fraction of sp³-hybridized carbons (Fsp3) is 0.333. The van der Waals surface area contributed by atoms with Crippen LogP contribution in [-0.2, 0) is 14.9 Å². The van der Waals surface area contributed by atoms with Crippen LogP contribution >= 0.6 is 0 Å². The minimum atomic E-state index is -0.645. The lowest BCUT2D eigenvalue weighted by molar-refractivity contribution is -0.146. The third-order valence-corrected chi connectivity index (χ3v) is 2.84. The number of fused-ring (bicyclic) bond motifs is 1. The normalized spacial score (nSPS) is 11.7. The van der Waals surface area contributed by atoms with Crippen molar-refractivity contribution in [1.29, 1.82) is 0 Å². The second-order valence-electron chi connectivity index (χ2n) is 4.25. The van der Waals surface area contributed by atoms with Crippen LogP contribution in [0.1, 0.15) is 19.4 Å². The number of hydrogen-bond acceptors (Lipinski definition) is 3. The van der Waals surface area contributed by atoms with Crippen molar-refractivity contribution in [3.8, 4) is 0 Å². The molecule has 0 saturated heterocycles. The minimum absolute atomic E-state index is 0.244. The summed E-state index contributed by atoms with van der Waals surface area (Å²) in [5.74, 6) is -0.244. The first kappa shape index (κ1) is 10.7. The molecule has 0 amide bonds. The summed E-state index contributed by atoms with van der Waals surface area (Å²) < 4.78 is 4.80. The Hall–Kier alpha value is -1.84. The second kappa shape index (κ2) is 3.63. The highest BCUT2D eigenvalue weighted by molar-refractivity contribution is 5.84. The van der Waals surface area contributed by atoms with E-state index in [1.807, 2.05) is 32.0 Å². The smallest absolute Gasteiger partial charge is 0.315 e. The van der Waals surface area contributed by atoms with E-state index in [9.17, 15) is 4.79 Å². The quantitative estimate of drug-likeness (QED) is 0.784. The Labute approximate surface area is 93.6 Å². The van der Waals surface area contributed by atoms with Gasteiger partial charge in [-0.3, -0.25) is 4.79 Å². The van der Waals surface area contributed by atoms with Crippen LogP contribution in [0.4, 0.5) is 0 Å². The maximum Gasteiger partial charge on any atom is 0.315 e. The van der Waals surface area contributed by atoms with E-state index < -0.39 is 5.41 Å². The largest absolute Gasteiger partial charge is 0.468 e. The number of carbonyl (C=O) groups excluding carboxylic acids is 1. The van der Waals surface area contributed by atoms with Gasteiger partial charge in [-0.1, -0.05) is 6.07 Å². The summed E-state index contributed by atoms with van der Waals surface area (Å²) in [5, 5.41) is 0. The molecule has 0 saturated carbocycles. The highest BCUT2D eigenvalue weighted by Crippen LogP contribution is 2.26. The van der Waals surface area contributed by atoms with Gasteiger partial charge >= 0.3 is 5.97 Å². The van der Waals surface area contributed by atoms with Crippen molar-refractivity contribution < 1.29 is 9.53 Å². The molecule has 0 aliphatic heterocycles. The topological polar surface area (TPSA) is 55.0 Å². The summed E-state index contributed by atoms with van der Waals surface area (Å²) >= 11 is 0. The molecule has 0 aliphatic rings. The zero-order valence-electron chi connectivity index (χ0n) is 9.57. The summed E-state index contributed by atoms with van der Waals surface area (Å²) in [6, 6.07) is 5.73. The predicted octanol–water partition coefficient (Wildman–Crippen LogP) is 2.01. The fourth-order valence-electron chi connectivity index (χ4n) is 1.70. The number of H-pyrrole nitrogens is 1. The molecule has 0 bridgehead atoms. The van der Waals surface area contributed by atoms with Crippen LogP contribution < -0.4 is 0 Å². The summed E-state index contributed by atoms with van der Waals surface area (Å²) in [4.78, 5) is 18.8. The van der Waals surface area contributed by atoms with Crippen LogP contribution in [0, 0.1) is 0 Å². The lowest BCUT2D eigenvalue weighted by Crippen LogP contribution is -2.30. The molecule has 2 rings (SSSR count). The average molecular weight is 218 g/mol. The van der Waals surface area contributed by atoms with Crippen molar-refractivity contribution in [3.05, 3.63) is 30.1 Å². The van der Waals surface area contributed by atoms with Gasteiger partial charge in [0.05, 0.1) is 29.9 Å². The molecule has 2 aromatic rings. The average Bonchev–Trinajstić information content (AvgIpc) is 2.74. The Balaban J connectivity index is 2.50. The Bertz CT molecular complexity index is 529. The van der Waals surface area contributed by atoms with Crippen molar-refractivity contribution >= 4 is 17.0 Å². The van der Waals surface area contributed by atoms with Gasteiger partial charge in [0.1, 0.15) is 0 Å². The van der Waals surface area contributed by atoms with E-state index in [-0.39, 0.29) is 5.97 Å². The predicted molar refractivity (Wildman–Crippen MR) is 61.1 cm³/mol. The molecular formula is C12H14N2O2. The molecule has 0 spiro atoms. The molecule has 84 valence electrons. The lowest BCUT2D eigenvalue weighted by Gasteiger charge is -2.21. The van der Waals surface area contributed by atoms with Gasteiger partial charge in [0.2, 0.25) is 0 Å². The summed E-state index contributed by atoms with van der Waals surface area (Å²) in [6.45, 7) is 3.69. The molecule has 4 heteroatoms. The molecule has 16 heavy (non-hydrogen) atoms. The van der Waals surface area contributed by atoms with Gasteiger partial charge in [-0.15, -0.1) is 0 Å². The first-order valence-corrected chi connectivity index (χ1v) is 5.08. The zero-order chi connectivity index (χ0) is 11.8. The van der Waals surface area contributed by atoms with Gasteiger partial charge in [-0.25, -0.2) is 4.98 Å². The third kappa shape index (κ3) is 1.56. The van der Waals surface area contributed by atoms with Crippen molar-refractivity contribution in [1.82, 2.24) is 9.97 Å². The summed E-state index contributed by atoms with van der Waals surface area (Å²) in [7, 11) is 1.40. The summed E-state index contributed by atoms with van der Waals surface area (Å²) in [6.07, 6.45) is 1.64. The molecule has 1 aromatic heterocycles. The SMILES string of the molecule is COC(=O)C(C)(C)c1ccc2nc[nH]c2c1. The van der Waals surface area contributed by atoms with Gasteiger partial charge in [0.15, 0.2) is 0 Å². The number of nitrogens with one attached hydrogen (secondary N) is 1. The van der Waals surface area contributed by atoms with E-state index in [1.54, 1.807) is 6.33 Å². The van der Waals surface area contributed by atoms with E-state index in [1.165, 1.54) is 7.11 Å². The second-order valence-corrected chi connectivity index (χ2v) is 4.25. The van der Waals surface area contributed by atoms with Gasteiger partial charge in [0, 0.05) is 0 Å². The van der Waals surface area contributed by atoms with Crippen molar-refractivity contribution in [2.75, 3.05) is 7.11 Å². The van der Waals surface area contributed by atoms with Crippen LogP contribution in [0.25, 0.3) is 11.0 Å². The van der Waals surface area contributed by atoms with Gasteiger partial charge in [-0.2, -0.15) is 0 Å². The number of imidazole rings is 1. The molecule has 0 aliphatic carbocycles. The van der Waals surface area contributed by atoms with Crippen LogP contribution in [0.5, 0.6) is 0 Å². The van der Waals surface area contributed by atoms with Crippen molar-refractivity contribution in [2.24, 2.45) is 0 Å². The molecular weight excluding hydrogens is 204 g/mol. The number of esters is 1. The first-order chi connectivity index (χ1) is 7.55. The summed E-state index contributed by atoms with van der Waals surface area (Å²) in [5.41, 5.74) is 2.09. The maximum absolute atomic E-state index is 11.7. The van der Waals surface area contributed by atoms with Crippen LogP contribution in [-0.4, -0.2) is 23.0 Å². The van der Waals surface area contributed by atoms with E-state index >= 15 is 0 Å². The van der Waals surface area contributed by atoms with Crippen LogP contribution in [0.3, 0.4) is 0 Å². The molecule has 0 unspecified atom stereocenters. The number of ether oxygens (including phenoxy) is 1. The highest BCUT2D eigenvalue weighted by Gasteiger charge is 2.31. The first-order valence-electron chi connectivity index (χ1n) is 5.08. The van der Waals surface area contributed by atoms with Crippen LogP contribution in [0.2, 0.25) is 0 Å².